The molecule has 0 amide bonds. The van der Waals surface area contributed by atoms with Gasteiger partial charge in [0, 0.05) is 18.3 Å². The Kier molecular flexibility index (Phi) is 5.15. The zero-order valence-electron chi connectivity index (χ0n) is 15.4. The highest BCUT2D eigenvalue weighted by Crippen LogP contribution is 2.34. The van der Waals surface area contributed by atoms with E-state index in [1.807, 2.05) is 6.92 Å². The van der Waals surface area contributed by atoms with Crippen molar-refractivity contribution in [2.24, 2.45) is 7.05 Å². The van der Waals surface area contributed by atoms with Crippen molar-refractivity contribution < 1.29 is 14.6 Å². The summed E-state index contributed by atoms with van der Waals surface area (Å²) in [7, 11) is 1.66. The van der Waals surface area contributed by atoms with Crippen LogP contribution >= 0.6 is 0 Å². The molecule has 6 nitrogen and oxygen atoms in total. The largest absolute Gasteiger partial charge is 0.477 e. The SMILES string of the molecule is CCc1c(C#N)c(-c2ccc(Oc3cccc(C#N)c3)cc2)c(C(=O)O)n1C. The highest BCUT2D eigenvalue weighted by atomic mass is 16.5. The average Bonchev–Trinajstić information content (AvgIpc) is 3.00. The van der Waals surface area contributed by atoms with Gasteiger partial charge in [-0.3, -0.25) is 0 Å². The van der Waals surface area contributed by atoms with Crippen LogP contribution in [0, 0.1) is 22.7 Å². The number of carboxylic acids is 1. The van der Waals surface area contributed by atoms with Crippen LogP contribution in [0.15, 0.2) is 48.5 Å². The van der Waals surface area contributed by atoms with Crippen LogP contribution in [0.2, 0.25) is 0 Å². The molecule has 0 aliphatic rings. The molecule has 0 spiro atoms. The monoisotopic (exact) mass is 371 g/mol. The molecule has 28 heavy (non-hydrogen) atoms. The van der Waals surface area contributed by atoms with E-state index in [0.717, 1.165) is 0 Å². The number of hydrogen-bond acceptors (Lipinski definition) is 4. The lowest BCUT2D eigenvalue weighted by Crippen LogP contribution is -2.07. The van der Waals surface area contributed by atoms with E-state index in [9.17, 15) is 15.2 Å². The van der Waals surface area contributed by atoms with E-state index in [0.29, 0.717) is 45.9 Å². The van der Waals surface area contributed by atoms with Crippen molar-refractivity contribution in [3.05, 3.63) is 71.0 Å². The molecule has 0 atom stereocenters. The van der Waals surface area contributed by atoms with Gasteiger partial charge in [-0.15, -0.1) is 0 Å². The fourth-order valence-corrected chi connectivity index (χ4v) is 3.25. The van der Waals surface area contributed by atoms with E-state index >= 15 is 0 Å². The van der Waals surface area contributed by atoms with E-state index in [1.54, 1.807) is 60.1 Å². The van der Waals surface area contributed by atoms with Gasteiger partial charge in [0.1, 0.15) is 23.3 Å². The number of benzene rings is 2. The Balaban J connectivity index is 2.01. The van der Waals surface area contributed by atoms with Crippen molar-refractivity contribution in [2.75, 3.05) is 0 Å². The number of rotatable bonds is 5. The normalized spacial score (nSPS) is 10.1. The molecular weight excluding hydrogens is 354 g/mol. The summed E-state index contributed by atoms with van der Waals surface area (Å²) in [4.78, 5) is 11.8. The number of nitriles is 2. The average molecular weight is 371 g/mol. The number of hydrogen-bond donors (Lipinski definition) is 1. The second-order valence-electron chi connectivity index (χ2n) is 6.14. The van der Waals surface area contributed by atoms with Gasteiger partial charge in [0.15, 0.2) is 0 Å². The number of carboxylic acid groups (broad SMARTS) is 1. The molecule has 0 saturated carbocycles. The highest BCUT2D eigenvalue weighted by molar-refractivity contribution is 5.97. The van der Waals surface area contributed by atoms with E-state index < -0.39 is 5.97 Å². The zero-order valence-corrected chi connectivity index (χ0v) is 15.4. The van der Waals surface area contributed by atoms with Gasteiger partial charge in [-0.1, -0.05) is 25.1 Å². The molecule has 0 fully saturated rings. The molecule has 0 saturated heterocycles. The molecular formula is C22H17N3O3. The molecule has 1 heterocycles. The van der Waals surface area contributed by atoms with Crippen LogP contribution in [-0.2, 0) is 13.5 Å². The Morgan fingerprint density at radius 2 is 1.82 bits per heavy atom. The Labute approximate surface area is 162 Å². The fraction of sp³-hybridized carbons (Fsp3) is 0.136. The standard InChI is InChI=1S/C22H17N3O3/c1-3-19-18(13-24)20(21(22(26)27)25(19)2)15-7-9-16(10-8-15)28-17-6-4-5-14(11-17)12-23/h4-11H,3H2,1-2H3,(H,26,27). The van der Waals surface area contributed by atoms with Crippen LogP contribution < -0.4 is 4.74 Å². The van der Waals surface area contributed by atoms with Crippen molar-refractivity contribution in [2.45, 2.75) is 13.3 Å². The molecule has 3 rings (SSSR count). The summed E-state index contributed by atoms with van der Waals surface area (Å²) in [6.45, 7) is 1.89. The van der Waals surface area contributed by atoms with Gasteiger partial charge in [-0.25, -0.2) is 4.79 Å². The van der Waals surface area contributed by atoms with Gasteiger partial charge in [0.25, 0.3) is 0 Å². The summed E-state index contributed by atoms with van der Waals surface area (Å²) in [5.41, 5.74) is 2.68. The summed E-state index contributed by atoms with van der Waals surface area (Å²) < 4.78 is 7.32. The predicted octanol–water partition coefficient (Wildman–Crippen LogP) is 4.49. The number of aromatic carboxylic acids is 1. The molecule has 0 aliphatic heterocycles. The van der Waals surface area contributed by atoms with Gasteiger partial charge in [-0.05, 0) is 42.3 Å². The minimum Gasteiger partial charge on any atom is -0.477 e. The highest BCUT2D eigenvalue weighted by Gasteiger charge is 2.25. The molecule has 0 aliphatic carbocycles. The summed E-state index contributed by atoms with van der Waals surface area (Å²) in [6.07, 6.45) is 0.552. The molecule has 138 valence electrons. The number of aromatic nitrogens is 1. The molecule has 0 bridgehead atoms. The lowest BCUT2D eigenvalue weighted by atomic mass is 10.00. The van der Waals surface area contributed by atoms with Crippen LogP contribution in [-0.4, -0.2) is 15.6 Å². The first-order valence-corrected chi connectivity index (χ1v) is 8.63. The van der Waals surface area contributed by atoms with Crippen LogP contribution in [0.4, 0.5) is 0 Å². The summed E-state index contributed by atoms with van der Waals surface area (Å²) in [5, 5.41) is 28.2. The van der Waals surface area contributed by atoms with Crippen molar-refractivity contribution in [1.82, 2.24) is 4.57 Å². The Morgan fingerprint density at radius 1 is 1.11 bits per heavy atom. The maximum atomic E-state index is 11.8. The molecule has 0 radical (unpaired) electrons. The van der Waals surface area contributed by atoms with Gasteiger partial charge in [0.05, 0.1) is 17.2 Å². The summed E-state index contributed by atoms with van der Waals surface area (Å²) >= 11 is 0. The van der Waals surface area contributed by atoms with E-state index in [4.69, 9.17) is 10.00 Å². The molecule has 1 N–H and O–H groups in total. The van der Waals surface area contributed by atoms with Crippen molar-refractivity contribution in [3.8, 4) is 34.8 Å². The van der Waals surface area contributed by atoms with E-state index in [-0.39, 0.29) is 5.69 Å². The predicted molar refractivity (Wildman–Crippen MR) is 103 cm³/mol. The topological polar surface area (TPSA) is 99.0 Å². The van der Waals surface area contributed by atoms with Crippen LogP contribution in [0.1, 0.15) is 34.2 Å². The first-order chi connectivity index (χ1) is 13.5. The third kappa shape index (κ3) is 3.32. The summed E-state index contributed by atoms with van der Waals surface area (Å²) in [6, 6.07) is 17.9. The first kappa shape index (κ1) is 18.8. The molecule has 0 unspecified atom stereocenters. The maximum absolute atomic E-state index is 11.8. The third-order valence-corrected chi connectivity index (χ3v) is 4.51. The van der Waals surface area contributed by atoms with Crippen LogP contribution in [0.25, 0.3) is 11.1 Å². The Hall–Kier alpha value is -4.03. The third-order valence-electron chi connectivity index (χ3n) is 4.51. The maximum Gasteiger partial charge on any atom is 0.353 e. The zero-order chi connectivity index (χ0) is 20.3. The second kappa shape index (κ2) is 7.69. The fourth-order valence-electron chi connectivity index (χ4n) is 3.25. The Morgan fingerprint density at radius 3 is 2.39 bits per heavy atom. The van der Waals surface area contributed by atoms with Crippen molar-refractivity contribution >= 4 is 5.97 Å². The smallest absolute Gasteiger partial charge is 0.353 e. The van der Waals surface area contributed by atoms with Crippen molar-refractivity contribution in [1.29, 1.82) is 10.5 Å². The minimum absolute atomic E-state index is 0.0868. The molecule has 1 aromatic heterocycles. The van der Waals surface area contributed by atoms with Gasteiger partial charge in [-0.2, -0.15) is 10.5 Å². The van der Waals surface area contributed by atoms with Gasteiger partial charge in [0.2, 0.25) is 0 Å². The number of nitrogens with zero attached hydrogens (tertiary/aromatic N) is 3. The first-order valence-electron chi connectivity index (χ1n) is 8.63. The van der Waals surface area contributed by atoms with Crippen LogP contribution in [0.5, 0.6) is 11.5 Å². The molecule has 6 heteroatoms. The number of carbonyl (C=O) groups is 1. The lowest BCUT2D eigenvalue weighted by Gasteiger charge is -2.08. The second-order valence-corrected chi connectivity index (χ2v) is 6.14. The number of ether oxygens (including phenoxy) is 1. The van der Waals surface area contributed by atoms with E-state index in [1.165, 1.54) is 0 Å². The summed E-state index contributed by atoms with van der Waals surface area (Å²) in [5.74, 6) is -0.00747. The van der Waals surface area contributed by atoms with Crippen LogP contribution in [0.3, 0.4) is 0 Å². The Bertz CT molecular complexity index is 1130. The quantitative estimate of drug-likeness (QED) is 0.712. The molecule has 2 aromatic carbocycles. The van der Waals surface area contributed by atoms with E-state index in [2.05, 4.69) is 12.1 Å². The van der Waals surface area contributed by atoms with Gasteiger partial charge >= 0.3 is 5.97 Å². The van der Waals surface area contributed by atoms with Gasteiger partial charge < -0.3 is 14.4 Å². The van der Waals surface area contributed by atoms with Crippen molar-refractivity contribution in [3.63, 3.8) is 0 Å². The molecule has 3 aromatic rings. The minimum atomic E-state index is -1.08. The lowest BCUT2D eigenvalue weighted by molar-refractivity contribution is 0.0687.